The minimum atomic E-state index is -0.174. The number of nitrogens with zero attached hydrogens (tertiary/aromatic N) is 2. The minimum Gasteiger partial charge on any atom is -0.286 e. The summed E-state index contributed by atoms with van der Waals surface area (Å²) in [6.45, 7) is 0.902. The Kier molecular flexibility index (Phi) is 2.80. The third-order valence-electron chi connectivity index (χ3n) is 1.97. The van der Waals surface area contributed by atoms with E-state index in [0.717, 1.165) is 27.5 Å². The maximum atomic E-state index is 10.7. The van der Waals surface area contributed by atoms with Gasteiger partial charge in [0.05, 0.1) is 19.0 Å². The average molecular weight is 218 g/mol. The summed E-state index contributed by atoms with van der Waals surface area (Å²) in [6, 6.07) is 0.00130. The van der Waals surface area contributed by atoms with Crippen LogP contribution in [0.2, 0.25) is 0 Å². The molecule has 0 saturated carbocycles. The van der Waals surface area contributed by atoms with Gasteiger partial charge in [-0.3, -0.25) is 15.0 Å². The van der Waals surface area contributed by atoms with Crippen LogP contribution in [-0.2, 0) is 4.79 Å². The summed E-state index contributed by atoms with van der Waals surface area (Å²) in [7, 11) is 0. The van der Waals surface area contributed by atoms with Crippen LogP contribution in [0.3, 0.4) is 0 Å². The Morgan fingerprint density at radius 1 is 1.77 bits per heavy atom. The summed E-state index contributed by atoms with van der Waals surface area (Å²) < 4.78 is 1.09. The zero-order chi connectivity index (χ0) is 9.26. The number of thioether (sulfide) groups is 2. The van der Waals surface area contributed by atoms with Gasteiger partial charge in [0.25, 0.3) is 0 Å². The Hall–Kier alpha value is -0.200. The van der Waals surface area contributed by atoms with Crippen molar-refractivity contribution in [1.29, 1.82) is 0 Å². The van der Waals surface area contributed by atoms with Crippen LogP contribution >= 0.6 is 23.5 Å². The van der Waals surface area contributed by atoms with E-state index < -0.39 is 0 Å². The van der Waals surface area contributed by atoms with Crippen molar-refractivity contribution in [3.05, 3.63) is 0 Å². The van der Waals surface area contributed by atoms with Crippen molar-refractivity contribution in [3.8, 4) is 0 Å². The van der Waals surface area contributed by atoms with Gasteiger partial charge in [-0.25, -0.2) is 5.06 Å². The summed E-state index contributed by atoms with van der Waals surface area (Å²) in [5, 5.41) is 9.90. The van der Waals surface area contributed by atoms with Crippen LogP contribution in [0.5, 0.6) is 0 Å². The second-order valence-electron chi connectivity index (χ2n) is 2.90. The molecule has 1 fully saturated rings. The summed E-state index contributed by atoms with van der Waals surface area (Å²) in [5.74, 6) is 1.65. The van der Waals surface area contributed by atoms with E-state index in [0.29, 0.717) is 6.42 Å². The fourth-order valence-electron chi connectivity index (χ4n) is 1.17. The van der Waals surface area contributed by atoms with Gasteiger partial charge in [0.1, 0.15) is 4.38 Å². The van der Waals surface area contributed by atoms with Crippen molar-refractivity contribution >= 4 is 33.8 Å². The van der Waals surface area contributed by atoms with Gasteiger partial charge in [-0.2, -0.15) is 0 Å². The van der Waals surface area contributed by atoms with E-state index in [9.17, 15) is 4.79 Å². The predicted octanol–water partition coefficient (Wildman–Crippen LogP) is 0.812. The number of aliphatic imine (C=N–C) groups is 1. The quantitative estimate of drug-likeness (QED) is 0.550. The second kappa shape index (κ2) is 3.89. The molecule has 1 atom stereocenters. The lowest BCUT2D eigenvalue weighted by atomic mass is 10.1. The normalized spacial score (nSPS) is 27.5. The smallest absolute Gasteiger partial charge is 0.248 e. The lowest BCUT2D eigenvalue weighted by molar-refractivity contribution is -0.198. The summed E-state index contributed by atoms with van der Waals surface area (Å²) >= 11 is 3.38. The van der Waals surface area contributed by atoms with E-state index in [1.165, 1.54) is 0 Å². The molecule has 2 aliphatic heterocycles. The molecule has 0 aromatic heterocycles. The van der Waals surface area contributed by atoms with Crippen LogP contribution in [-0.4, -0.2) is 44.6 Å². The van der Waals surface area contributed by atoms with Crippen LogP contribution < -0.4 is 0 Å². The van der Waals surface area contributed by atoms with E-state index in [2.05, 4.69) is 4.99 Å². The molecule has 0 aromatic rings. The number of carbonyl (C=O) groups is 1. The topological polar surface area (TPSA) is 52.9 Å². The maximum absolute atomic E-state index is 10.7. The molecular weight excluding hydrogens is 208 g/mol. The Balaban J connectivity index is 1.71. The van der Waals surface area contributed by atoms with Crippen LogP contribution in [0.25, 0.3) is 0 Å². The van der Waals surface area contributed by atoms with Gasteiger partial charge in [-0.15, -0.1) is 0 Å². The van der Waals surface area contributed by atoms with Gasteiger partial charge in [0.2, 0.25) is 5.91 Å². The van der Waals surface area contributed by atoms with Crippen LogP contribution in [0.1, 0.15) is 6.42 Å². The number of hydrogen-bond acceptors (Lipinski definition) is 5. The van der Waals surface area contributed by atoms with E-state index in [4.69, 9.17) is 5.21 Å². The molecule has 4 nitrogen and oxygen atoms in total. The largest absolute Gasteiger partial charge is 0.286 e. The maximum Gasteiger partial charge on any atom is 0.248 e. The minimum absolute atomic E-state index is 0.00130. The number of amides is 1. The molecule has 1 unspecified atom stereocenters. The van der Waals surface area contributed by atoms with Gasteiger partial charge < -0.3 is 0 Å². The highest BCUT2D eigenvalue weighted by atomic mass is 32.2. The first kappa shape index (κ1) is 9.36. The monoisotopic (exact) mass is 218 g/mol. The van der Waals surface area contributed by atoms with Crippen molar-refractivity contribution in [2.45, 2.75) is 12.5 Å². The van der Waals surface area contributed by atoms with E-state index >= 15 is 0 Å². The van der Waals surface area contributed by atoms with Gasteiger partial charge in [-0.05, 0) is 0 Å². The highest BCUT2D eigenvalue weighted by Gasteiger charge is 2.35. The number of hydroxylamine groups is 2. The van der Waals surface area contributed by atoms with Crippen molar-refractivity contribution in [2.24, 2.45) is 4.99 Å². The molecule has 13 heavy (non-hydrogen) atoms. The summed E-state index contributed by atoms with van der Waals surface area (Å²) in [5.41, 5.74) is 0. The molecule has 0 aromatic carbocycles. The number of carbonyl (C=O) groups excluding carboxylic acids is 1. The summed E-state index contributed by atoms with van der Waals surface area (Å²) in [6.07, 6.45) is 0.474. The zero-order valence-electron chi connectivity index (χ0n) is 6.97. The van der Waals surface area contributed by atoms with Crippen molar-refractivity contribution in [2.75, 3.05) is 18.1 Å². The van der Waals surface area contributed by atoms with E-state index in [-0.39, 0.29) is 11.9 Å². The highest BCUT2D eigenvalue weighted by molar-refractivity contribution is 8.39. The third kappa shape index (κ3) is 2.00. The van der Waals surface area contributed by atoms with Gasteiger partial charge >= 0.3 is 0 Å². The molecule has 0 spiro atoms. The lowest BCUT2D eigenvalue weighted by Gasteiger charge is -2.34. The van der Waals surface area contributed by atoms with E-state index in [1.807, 2.05) is 0 Å². The van der Waals surface area contributed by atoms with Gasteiger partial charge in [0.15, 0.2) is 0 Å². The first-order chi connectivity index (χ1) is 6.27. The molecule has 1 N–H and O–H groups in total. The fraction of sp³-hybridized carbons (Fsp3) is 0.714. The molecule has 1 amide bonds. The number of rotatable bonds is 2. The van der Waals surface area contributed by atoms with Crippen molar-refractivity contribution < 1.29 is 10.0 Å². The third-order valence-corrected chi connectivity index (χ3v) is 4.37. The molecule has 0 bridgehead atoms. The van der Waals surface area contributed by atoms with E-state index in [1.54, 1.807) is 23.5 Å². The van der Waals surface area contributed by atoms with Crippen molar-refractivity contribution in [3.63, 3.8) is 0 Å². The Morgan fingerprint density at radius 2 is 2.62 bits per heavy atom. The van der Waals surface area contributed by atoms with Crippen molar-refractivity contribution in [1.82, 2.24) is 5.06 Å². The number of β-lactam (4-membered cyclic amide) rings is 1. The fourth-order valence-corrected chi connectivity index (χ4v) is 3.28. The molecule has 2 rings (SSSR count). The molecule has 2 heterocycles. The van der Waals surface area contributed by atoms with Crippen LogP contribution in [0, 0.1) is 0 Å². The average Bonchev–Trinajstić information content (AvgIpc) is 2.64. The predicted molar refractivity (Wildman–Crippen MR) is 54.3 cm³/mol. The van der Waals surface area contributed by atoms with Crippen LogP contribution in [0.15, 0.2) is 4.99 Å². The molecular formula is C7H10N2O2S2. The lowest BCUT2D eigenvalue weighted by Crippen LogP contribution is -2.51. The SMILES string of the molecule is O=C1CC(CSC2=NCCS2)N1O. The van der Waals surface area contributed by atoms with Crippen LogP contribution in [0.4, 0.5) is 0 Å². The number of hydrogen-bond donors (Lipinski definition) is 1. The Bertz CT molecular complexity index is 257. The molecule has 6 heteroatoms. The zero-order valence-corrected chi connectivity index (χ0v) is 8.61. The highest BCUT2D eigenvalue weighted by Crippen LogP contribution is 2.27. The Morgan fingerprint density at radius 3 is 3.15 bits per heavy atom. The summed E-state index contributed by atoms with van der Waals surface area (Å²) in [4.78, 5) is 14.9. The molecule has 72 valence electrons. The molecule has 2 aliphatic rings. The second-order valence-corrected chi connectivity index (χ2v) is 5.25. The molecule has 0 radical (unpaired) electrons. The standard InChI is InChI=1S/C7H10N2O2S2/c10-6-3-5(9(6)11)4-13-7-8-1-2-12-7/h5,11H,1-4H2. The first-order valence-electron chi connectivity index (χ1n) is 4.08. The Labute approximate surface area is 84.7 Å². The van der Waals surface area contributed by atoms with Gasteiger partial charge in [-0.1, -0.05) is 23.5 Å². The van der Waals surface area contributed by atoms with Gasteiger partial charge in [0, 0.05) is 11.5 Å². The first-order valence-corrected chi connectivity index (χ1v) is 6.05. The molecule has 0 aliphatic carbocycles. The molecule has 1 saturated heterocycles.